The number of nitrogens with zero attached hydrogens (tertiary/aromatic N) is 1. The predicted octanol–water partition coefficient (Wildman–Crippen LogP) is 2.70. The van der Waals surface area contributed by atoms with E-state index in [1.54, 1.807) is 11.0 Å². The molecule has 1 aromatic rings. The Hall–Kier alpha value is -0.910. The standard InChI is InChI=1S/C13H13Cl2NO3S/c14-9-3-8-5-16(2-1-10(8)11(15)4-9)12(17)6-20-7-13(18)19/h3-4H,1-2,5-7H2,(H,18,19). The third-order valence-corrected chi connectivity index (χ3v) is 4.51. The maximum Gasteiger partial charge on any atom is 0.313 e. The van der Waals surface area contributed by atoms with E-state index in [0.29, 0.717) is 29.6 Å². The van der Waals surface area contributed by atoms with E-state index in [4.69, 9.17) is 28.3 Å². The normalized spacial score (nSPS) is 14.0. The van der Waals surface area contributed by atoms with Crippen molar-refractivity contribution in [1.82, 2.24) is 4.90 Å². The van der Waals surface area contributed by atoms with Gasteiger partial charge in [0, 0.05) is 23.1 Å². The highest BCUT2D eigenvalue weighted by atomic mass is 35.5. The van der Waals surface area contributed by atoms with Crippen LogP contribution in [0.3, 0.4) is 0 Å². The van der Waals surface area contributed by atoms with Crippen LogP contribution in [0.15, 0.2) is 12.1 Å². The van der Waals surface area contributed by atoms with Gasteiger partial charge in [0.05, 0.1) is 11.5 Å². The Bertz CT molecular complexity index is 551. The SMILES string of the molecule is O=C(O)CSCC(=O)N1CCc2c(Cl)cc(Cl)cc2C1. The molecule has 0 radical (unpaired) electrons. The average molecular weight is 334 g/mol. The Balaban J connectivity index is 2.00. The van der Waals surface area contributed by atoms with Crippen LogP contribution in [0.1, 0.15) is 11.1 Å². The first-order chi connectivity index (χ1) is 9.47. The topological polar surface area (TPSA) is 57.6 Å². The zero-order valence-electron chi connectivity index (χ0n) is 10.6. The molecule has 1 amide bonds. The van der Waals surface area contributed by atoms with Gasteiger partial charge in [-0.1, -0.05) is 23.2 Å². The molecule has 1 aliphatic rings. The number of carbonyl (C=O) groups is 2. The van der Waals surface area contributed by atoms with Gasteiger partial charge in [-0.25, -0.2) is 0 Å². The quantitative estimate of drug-likeness (QED) is 0.920. The van der Waals surface area contributed by atoms with Gasteiger partial charge in [0.15, 0.2) is 0 Å². The van der Waals surface area contributed by atoms with Crippen molar-refractivity contribution in [3.63, 3.8) is 0 Å². The number of amides is 1. The number of halogens is 2. The zero-order chi connectivity index (χ0) is 14.7. The molecule has 7 heteroatoms. The van der Waals surface area contributed by atoms with E-state index in [-0.39, 0.29) is 17.4 Å². The third kappa shape index (κ3) is 3.81. The Morgan fingerprint density at radius 3 is 2.75 bits per heavy atom. The number of hydrogen-bond acceptors (Lipinski definition) is 3. The first-order valence-electron chi connectivity index (χ1n) is 6.01. The molecule has 0 unspecified atom stereocenters. The summed E-state index contributed by atoms with van der Waals surface area (Å²) in [5, 5.41) is 9.75. The lowest BCUT2D eigenvalue weighted by Gasteiger charge is -2.29. The van der Waals surface area contributed by atoms with Gasteiger partial charge in [-0.15, -0.1) is 11.8 Å². The van der Waals surface area contributed by atoms with E-state index in [1.807, 2.05) is 6.07 Å². The monoisotopic (exact) mass is 333 g/mol. The lowest BCUT2D eigenvalue weighted by atomic mass is 10.00. The van der Waals surface area contributed by atoms with Crippen molar-refractivity contribution in [2.24, 2.45) is 0 Å². The number of benzene rings is 1. The summed E-state index contributed by atoms with van der Waals surface area (Å²) in [6, 6.07) is 3.54. The van der Waals surface area contributed by atoms with Gasteiger partial charge >= 0.3 is 5.97 Å². The number of fused-ring (bicyclic) bond motifs is 1. The van der Waals surface area contributed by atoms with E-state index in [0.717, 1.165) is 22.9 Å². The molecular formula is C13H13Cl2NO3S. The second-order valence-corrected chi connectivity index (χ2v) is 6.31. The Morgan fingerprint density at radius 1 is 1.30 bits per heavy atom. The molecule has 0 saturated carbocycles. The molecule has 0 saturated heterocycles. The highest BCUT2D eigenvalue weighted by molar-refractivity contribution is 8.00. The summed E-state index contributed by atoms with van der Waals surface area (Å²) in [6.07, 6.45) is 0.695. The largest absolute Gasteiger partial charge is 0.481 e. The minimum absolute atomic E-state index is 0.0574. The lowest BCUT2D eigenvalue weighted by molar-refractivity contribution is -0.133. The summed E-state index contributed by atoms with van der Waals surface area (Å²) in [5.41, 5.74) is 2.00. The van der Waals surface area contributed by atoms with E-state index < -0.39 is 5.97 Å². The van der Waals surface area contributed by atoms with Crippen molar-refractivity contribution < 1.29 is 14.7 Å². The molecule has 1 N–H and O–H groups in total. The van der Waals surface area contributed by atoms with Crippen LogP contribution in [0.2, 0.25) is 10.0 Å². The average Bonchev–Trinajstić information content (AvgIpc) is 2.37. The predicted molar refractivity (Wildman–Crippen MR) is 80.5 cm³/mol. The van der Waals surface area contributed by atoms with E-state index in [9.17, 15) is 9.59 Å². The Morgan fingerprint density at radius 2 is 2.05 bits per heavy atom. The maximum atomic E-state index is 12.0. The van der Waals surface area contributed by atoms with Gasteiger partial charge in [-0.05, 0) is 29.7 Å². The minimum atomic E-state index is -0.912. The summed E-state index contributed by atoms with van der Waals surface area (Å²) in [4.78, 5) is 24.1. The molecule has 20 heavy (non-hydrogen) atoms. The number of rotatable bonds is 4. The fourth-order valence-corrected chi connectivity index (χ4v) is 3.40. The summed E-state index contributed by atoms with van der Waals surface area (Å²) < 4.78 is 0. The number of aliphatic carboxylic acids is 1. The van der Waals surface area contributed by atoms with Crippen molar-refractivity contribution in [1.29, 1.82) is 0 Å². The number of carbonyl (C=O) groups excluding carboxylic acids is 1. The lowest BCUT2D eigenvalue weighted by Crippen LogP contribution is -2.37. The van der Waals surface area contributed by atoms with Crippen LogP contribution in [-0.2, 0) is 22.6 Å². The maximum absolute atomic E-state index is 12.0. The van der Waals surface area contributed by atoms with Gasteiger partial charge < -0.3 is 10.0 Å². The van der Waals surface area contributed by atoms with Crippen LogP contribution in [0.5, 0.6) is 0 Å². The van der Waals surface area contributed by atoms with E-state index in [1.165, 1.54) is 0 Å². The number of carboxylic acid groups (broad SMARTS) is 1. The molecule has 0 aliphatic carbocycles. The first-order valence-corrected chi connectivity index (χ1v) is 7.92. The molecule has 1 aromatic carbocycles. The van der Waals surface area contributed by atoms with Crippen LogP contribution >= 0.6 is 35.0 Å². The van der Waals surface area contributed by atoms with Crippen LogP contribution in [0, 0.1) is 0 Å². The van der Waals surface area contributed by atoms with Gasteiger partial charge in [-0.3, -0.25) is 9.59 Å². The minimum Gasteiger partial charge on any atom is -0.481 e. The van der Waals surface area contributed by atoms with E-state index >= 15 is 0 Å². The number of carboxylic acids is 1. The summed E-state index contributed by atoms with van der Waals surface area (Å²) in [6.45, 7) is 1.07. The second kappa shape index (κ2) is 6.70. The third-order valence-electron chi connectivity index (χ3n) is 3.05. The van der Waals surface area contributed by atoms with Gasteiger partial charge in [-0.2, -0.15) is 0 Å². The van der Waals surface area contributed by atoms with Gasteiger partial charge in [0.2, 0.25) is 5.91 Å². The molecule has 0 atom stereocenters. The molecule has 0 bridgehead atoms. The second-order valence-electron chi connectivity index (χ2n) is 4.48. The fourth-order valence-electron chi connectivity index (χ4n) is 2.14. The van der Waals surface area contributed by atoms with Crippen molar-refractivity contribution in [2.75, 3.05) is 18.1 Å². The van der Waals surface area contributed by atoms with Crippen molar-refractivity contribution in [3.8, 4) is 0 Å². The summed E-state index contributed by atoms with van der Waals surface area (Å²) in [7, 11) is 0. The highest BCUT2D eigenvalue weighted by Gasteiger charge is 2.22. The van der Waals surface area contributed by atoms with Crippen molar-refractivity contribution in [2.45, 2.75) is 13.0 Å². The van der Waals surface area contributed by atoms with Crippen LogP contribution in [0.4, 0.5) is 0 Å². The van der Waals surface area contributed by atoms with Crippen LogP contribution in [0.25, 0.3) is 0 Å². The molecule has 0 fully saturated rings. The van der Waals surface area contributed by atoms with Crippen molar-refractivity contribution in [3.05, 3.63) is 33.3 Å². The zero-order valence-corrected chi connectivity index (χ0v) is 12.9. The molecule has 0 spiro atoms. The molecule has 4 nitrogen and oxygen atoms in total. The van der Waals surface area contributed by atoms with E-state index in [2.05, 4.69) is 0 Å². The molecule has 2 rings (SSSR count). The van der Waals surface area contributed by atoms with Crippen molar-refractivity contribution >= 4 is 46.8 Å². The first kappa shape index (κ1) is 15.5. The summed E-state index contributed by atoms with van der Waals surface area (Å²) >= 11 is 13.2. The smallest absolute Gasteiger partial charge is 0.313 e. The van der Waals surface area contributed by atoms with Gasteiger partial charge in [0.25, 0.3) is 0 Å². The number of thioether (sulfide) groups is 1. The molecule has 108 valence electrons. The highest BCUT2D eigenvalue weighted by Crippen LogP contribution is 2.30. The van der Waals surface area contributed by atoms with Crippen LogP contribution < -0.4 is 0 Å². The Labute approximate surface area is 131 Å². The molecular weight excluding hydrogens is 321 g/mol. The Kier molecular flexibility index (Phi) is 5.18. The van der Waals surface area contributed by atoms with Crippen LogP contribution in [-0.4, -0.2) is 39.9 Å². The molecule has 0 aromatic heterocycles. The number of hydrogen-bond donors (Lipinski definition) is 1. The molecule has 1 heterocycles. The molecule has 1 aliphatic heterocycles. The summed E-state index contributed by atoms with van der Waals surface area (Å²) in [5.74, 6) is -0.854. The fraction of sp³-hybridized carbons (Fsp3) is 0.385. The van der Waals surface area contributed by atoms with Gasteiger partial charge in [0.1, 0.15) is 0 Å².